The smallest absolute Gasteiger partial charge is 0.256 e. The topological polar surface area (TPSA) is 32.9 Å². The molecule has 2 nitrogen and oxygen atoms in total. The molecule has 1 heterocycles. The van der Waals surface area contributed by atoms with Gasteiger partial charge in [0.25, 0.3) is 5.56 Å². The molecule has 0 unspecified atom stereocenters. The summed E-state index contributed by atoms with van der Waals surface area (Å²) in [6.07, 6.45) is 0. The molecule has 0 aliphatic rings. The van der Waals surface area contributed by atoms with Crippen molar-refractivity contribution in [1.82, 2.24) is 4.98 Å². The molecule has 20 heavy (non-hydrogen) atoms. The molecule has 0 saturated carbocycles. The van der Waals surface area contributed by atoms with Crippen LogP contribution in [0, 0.1) is 20.8 Å². The minimum Gasteiger partial charge on any atom is -0.321 e. The standard InChI is InChI=1S/C18H17NO/c1-11-6-4-7-12(2)16(11)15-10-14-9-5-8-13(3)17(14)18(20)19-15/h4-10H,1-3H3,(H,19,20). The summed E-state index contributed by atoms with van der Waals surface area (Å²) in [4.78, 5) is 15.4. The molecule has 3 rings (SSSR count). The molecule has 1 aromatic heterocycles. The Bertz CT molecular complexity index is 839. The summed E-state index contributed by atoms with van der Waals surface area (Å²) in [6, 6.07) is 14.2. The summed E-state index contributed by atoms with van der Waals surface area (Å²) < 4.78 is 0. The first-order valence-corrected chi connectivity index (χ1v) is 6.77. The van der Waals surface area contributed by atoms with Crippen molar-refractivity contribution in [2.24, 2.45) is 0 Å². The molecule has 0 aliphatic carbocycles. The third-order valence-corrected chi connectivity index (χ3v) is 3.83. The highest BCUT2D eigenvalue weighted by Crippen LogP contribution is 2.27. The number of rotatable bonds is 1. The highest BCUT2D eigenvalue weighted by atomic mass is 16.1. The van der Waals surface area contributed by atoms with E-state index < -0.39 is 0 Å². The van der Waals surface area contributed by atoms with Crippen LogP contribution in [0.15, 0.2) is 47.3 Å². The third kappa shape index (κ3) is 1.94. The molecule has 2 aromatic carbocycles. The van der Waals surface area contributed by atoms with Crippen molar-refractivity contribution in [2.45, 2.75) is 20.8 Å². The number of fused-ring (bicyclic) bond motifs is 1. The maximum absolute atomic E-state index is 12.4. The zero-order chi connectivity index (χ0) is 14.3. The van der Waals surface area contributed by atoms with Crippen LogP contribution in [-0.4, -0.2) is 4.98 Å². The lowest BCUT2D eigenvalue weighted by Crippen LogP contribution is -2.09. The van der Waals surface area contributed by atoms with E-state index in [0.29, 0.717) is 0 Å². The van der Waals surface area contributed by atoms with Gasteiger partial charge in [-0.3, -0.25) is 4.79 Å². The largest absolute Gasteiger partial charge is 0.321 e. The van der Waals surface area contributed by atoms with Crippen molar-refractivity contribution < 1.29 is 0 Å². The Balaban J connectivity index is 2.37. The predicted octanol–water partition coefficient (Wildman–Crippen LogP) is 4.12. The first-order chi connectivity index (χ1) is 9.58. The van der Waals surface area contributed by atoms with Gasteiger partial charge in [0.05, 0.1) is 0 Å². The predicted molar refractivity (Wildman–Crippen MR) is 84.2 cm³/mol. The highest BCUT2D eigenvalue weighted by molar-refractivity contribution is 5.88. The molecule has 1 N–H and O–H groups in total. The highest BCUT2D eigenvalue weighted by Gasteiger charge is 2.09. The number of hydrogen-bond acceptors (Lipinski definition) is 1. The van der Waals surface area contributed by atoms with E-state index in [1.807, 2.05) is 31.2 Å². The minimum absolute atomic E-state index is 0.0155. The van der Waals surface area contributed by atoms with Crippen LogP contribution >= 0.6 is 0 Å². The minimum atomic E-state index is -0.0155. The van der Waals surface area contributed by atoms with Gasteiger partial charge in [-0.1, -0.05) is 36.4 Å². The molecular weight excluding hydrogens is 246 g/mol. The molecule has 100 valence electrons. The molecule has 0 bridgehead atoms. The monoisotopic (exact) mass is 263 g/mol. The van der Waals surface area contributed by atoms with Gasteiger partial charge in [-0.25, -0.2) is 0 Å². The second-order valence-electron chi connectivity index (χ2n) is 5.32. The van der Waals surface area contributed by atoms with Gasteiger partial charge in [-0.05, 0) is 48.9 Å². The molecule has 2 heteroatoms. The number of benzene rings is 2. The van der Waals surface area contributed by atoms with E-state index in [4.69, 9.17) is 0 Å². The lowest BCUT2D eigenvalue weighted by Gasteiger charge is -2.11. The third-order valence-electron chi connectivity index (χ3n) is 3.83. The van der Waals surface area contributed by atoms with Crippen molar-refractivity contribution in [3.8, 4) is 11.3 Å². The second-order valence-corrected chi connectivity index (χ2v) is 5.32. The van der Waals surface area contributed by atoms with Crippen LogP contribution in [0.3, 0.4) is 0 Å². The van der Waals surface area contributed by atoms with Gasteiger partial charge >= 0.3 is 0 Å². The summed E-state index contributed by atoms with van der Waals surface area (Å²) in [5, 5.41) is 1.77. The molecule has 0 aliphatic heterocycles. The van der Waals surface area contributed by atoms with Gasteiger partial charge < -0.3 is 4.98 Å². The Morgan fingerprint density at radius 2 is 1.45 bits per heavy atom. The fourth-order valence-corrected chi connectivity index (χ4v) is 2.87. The van der Waals surface area contributed by atoms with Crippen molar-refractivity contribution in [1.29, 1.82) is 0 Å². The van der Waals surface area contributed by atoms with E-state index in [9.17, 15) is 4.79 Å². The number of H-pyrrole nitrogens is 1. The molecule has 0 spiro atoms. The molecule has 0 radical (unpaired) electrons. The Hall–Kier alpha value is -2.35. The van der Waals surface area contributed by atoms with E-state index in [2.05, 4.69) is 37.0 Å². The van der Waals surface area contributed by atoms with Crippen molar-refractivity contribution >= 4 is 10.8 Å². The number of hydrogen-bond donors (Lipinski definition) is 1. The zero-order valence-electron chi connectivity index (χ0n) is 11.9. The van der Waals surface area contributed by atoms with Gasteiger partial charge in [-0.2, -0.15) is 0 Å². The van der Waals surface area contributed by atoms with Crippen LogP contribution in [0.2, 0.25) is 0 Å². The van der Waals surface area contributed by atoms with Crippen LogP contribution in [0.5, 0.6) is 0 Å². The van der Waals surface area contributed by atoms with E-state index in [1.54, 1.807) is 0 Å². The van der Waals surface area contributed by atoms with E-state index >= 15 is 0 Å². The zero-order valence-corrected chi connectivity index (χ0v) is 11.9. The second kappa shape index (κ2) is 4.64. The summed E-state index contributed by atoms with van der Waals surface area (Å²) >= 11 is 0. The fourth-order valence-electron chi connectivity index (χ4n) is 2.87. The molecule has 0 fully saturated rings. The van der Waals surface area contributed by atoms with Crippen molar-refractivity contribution in [3.05, 3.63) is 69.5 Å². The lowest BCUT2D eigenvalue weighted by molar-refractivity contribution is 1.24. The SMILES string of the molecule is Cc1cccc(C)c1-c1cc2cccc(C)c2c(=O)[nH]1. The average Bonchev–Trinajstić information content (AvgIpc) is 2.38. The van der Waals surface area contributed by atoms with Gasteiger partial charge in [0.2, 0.25) is 0 Å². The van der Waals surface area contributed by atoms with Gasteiger partial charge in [0.15, 0.2) is 0 Å². The van der Waals surface area contributed by atoms with Crippen molar-refractivity contribution in [2.75, 3.05) is 0 Å². The quantitative estimate of drug-likeness (QED) is 0.703. The van der Waals surface area contributed by atoms with Crippen LogP contribution in [0.4, 0.5) is 0 Å². The fraction of sp³-hybridized carbons (Fsp3) is 0.167. The van der Waals surface area contributed by atoms with Gasteiger partial charge in [-0.15, -0.1) is 0 Å². The summed E-state index contributed by atoms with van der Waals surface area (Å²) in [5.41, 5.74) is 5.35. The van der Waals surface area contributed by atoms with E-state index in [0.717, 1.165) is 27.6 Å². The summed E-state index contributed by atoms with van der Waals surface area (Å²) in [5.74, 6) is 0. The first-order valence-electron chi connectivity index (χ1n) is 6.77. The molecular formula is C18H17NO. The maximum Gasteiger partial charge on any atom is 0.256 e. The van der Waals surface area contributed by atoms with Gasteiger partial charge in [0.1, 0.15) is 0 Å². The summed E-state index contributed by atoms with van der Waals surface area (Å²) in [7, 11) is 0. The molecule has 3 aromatic rings. The lowest BCUT2D eigenvalue weighted by atomic mass is 9.97. The Labute approximate surface area is 118 Å². The number of aryl methyl sites for hydroxylation is 3. The van der Waals surface area contributed by atoms with E-state index in [-0.39, 0.29) is 5.56 Å². The van der Waals surface area contributed by atoms with Crippen LogP contribution in [0.25, 0.3) is 22.0 Å². The Morgan fingerprint density at radius 1 is 0.850 bits per heavy atom. The number of pyridine rings is 1. The molecule has 0 saturated heterocycles. The Kier molecular flexibility index (Phi) is 2.94. The first kappa shape index (κ1) is 12.7. The number of nitrogens with one attached hydrogen (secondary N) is 1. The Morgan fingerprint density at radius 3 is 2.15 bits per heavy atom. The van der Waals surface area contributed by atoms with Crippen LogP contribution in [0.1, 0.15) is 16.7 Å². The summed E-state index contributed by atoms with van der Waals surface area (Å²) in [6.45, 7) is 6.11. The number of aromatic amines is 1. The van der Waals surface area contributed by atoms with Gasteiger partial charge in [0, 0.05) is 16.6 Å². The normalized spacial score (nSPS) is 10.9. The average molecular weight is 263 g/mol. The number of aromatic nitrogens is 1. The van der Waals surface area contributed by atoms with Crippen LogP contribution < -0.4 is 5.56 Å². The maximum atomic E-state index is 12.4. The molecule has 0 amide bonds. The van der Waals surface area contributed by atoms with Crippen molar-refractivity contribution in [3.63, 3.8) is 0 Å². The molecule has 0 atom stereocenters. The van der Waals surface area contributed by atoms with E-state index in [1.165, 1.54) is 11.1 Å². The van der Waals surface area contributed by atoms with Crippen LogP contribution in [-0.2, 0) is 0 Å².